The smallest absolute Gasteiger partial charge is 0.250 e. The first-order valence-electron chi connectivity index (χ1n) is 5.07. The summed E-state index contributed by atoms with van der Waals surface area (Å²) in [7, 11) is 0. The van der Waals surface area contributed by atoms with E-state index in [9.17, 15) is 27.2 Å². The maximum atomic E-state index is 12.5. The van der Waals surface area contributed by atoms with Crippen molar-refractivity contribution in [1.82, 2.24) is 0 Å². The summed E-state index contributed by atoms with van der Waals surface area (Å²) in [5.41, 5.74) is -3.98. The third-order valence-corrected chi connectivity index (χ3v) is 2.85. The lowest BCUT2D eigenvalue weighted by atomic mass is 9.80. The van der Waals surface area contributed by atoms with Gasteiger partial charge in [0.15, 0.2) is 11.6 Å². The third kappa shape index (κ3) is 3.51. The van der Waals surface area contributed by atoms with Gasteiger partial charge in [0.2, 0.25) is 0 Å². The van der Waals surface area contributed by atoms with Crippen molar-refractivity contribution < 1.29 is 27.2 Å². The summed E-state index contributed by atoms with van der Waals surface area (Å²) >= 11 is 0. The topological polar surface area (TPSA) is 34.1 Å². The Labute approximate surface area is 97.4 Å². The molecular weight excluding hydrogens is 240 g/mol. The summed E-state index contributed by atoms with van der Waals surface area (Å²) < 4.78 is 50.0. The zero-order chi connectivity index (χ0) is 14.0. The number of halogens is 4. The van der Waals surface area contributed by atoms with Crippen LogP contribution in [0.4, 0.5) is 17.6 Å². The van der Waals surface area contributed by atoms with Crippen molar-refractivity contribution in [1.29, 1.82) is 0 Å². The van der Waals surface area contributed by atoms with Crippen molar-refractivity contribution in [3.05, 3.63) is 0 Å². The molecule has 6 heteroatoms. The first-order valence-corrected chi connectivity index (χ1v) is 5.07. The molecule has 0 rings (SSSR count). The molecule has 0 aromatic carbocycles. The average Bonchev–Trinajstić information content (AvgIpc) is 2.16. The van der Waals surface area contributed by atoms with E-state index in [-0.39, 0.29) is 0 Å². The van der Waals surface area contributed by atoms with Crippen LogP contribution in [0, 0.1) is 10.8 Å². The quantitative estimate of drug-likeness (QED) is 0.540. The van der Waals surface area contributed by atoms with Crippen molar-refractivity contribution in [3.63, 3.8) is 0 Å². The van der Waals surface area contributed by atoms with Crippen LogP contribution in [-0.2, 0) is 9.59 Å². The molecule has 0 radical (unpaired) electrons. The Bertz CT molecular complexity index is 279. The number of rotatable bonds is 6. The van der Waals surface area contributed by atoms with E-state index < -0.39 is 41.7 Å². The normalized spacial score (nSPS) is 13.3. The highest BCUT2D eigenvalue weighted by Gasteiger charge is 2.43. The molecule has 0 spiro atoms. The van der Waals surface area contributed by atoms with Crippen LogP contribution >= 0.6 is 0 Å². The Balaban J connectivity index is 4.78. The van der Waals surface area contributed by atoms with Gasteiger partial charge in [0, 0.05) is 0 Å². The van der Waals surface area contributed by atoms with Crippen LogP contribution in [-0.4, -0.2) is 24.4 Å². The minimum Gasteiger partial charge on any atom is -0.298 e. The van der Waals surface area contributed by atoms with Crippen LogP contribution in [0.15, 0.2) is 0 Å². The van der Waals surface area contributed by atoms with E-state index in [1.807, 2.05) is 0 Å². The summed E-state index contributed by atoms with van der Waals surface area (Å²) in [6.07, 6.45) is -6.76. The molecule has 0 bridgehead atoms. The van der Waals surface area contributed by atoms with Gasteiger partial charge >= 0.3 is 0 Å². The fourth-order valence-electron chi connectivity index (χ4n) is 0.845. The molecule has 2 nitrogen and oxygen atoms in total. The fourth-order valence-corrected chi connectivity index (χ4v) is 0.845. The van der Waals surface area contributed by atoms with Gasteiger partial charge in [-0.1, -0.05) is 0 Å². The molecule has 0 heterocycles. The van der Waals surface area contributed by atoms with Crippen molar-refractivity contribution >= 4 is 11.6 Å². The zero-order valence-electron chi connectivity index (χ0n) is 10.2. The molecule has 100 valence electrons. The van der Waals surface area contributed by atoms with Gasteiger partial charge in [-0.3, -0.25) is 9.59 Å². The molecule has 0 aliphatic carbocycles. The van der Waals surface area contributed by atoms with E-state index in [0.29, 0.717) is 0 Å². The number of carbonyl (C=O) groups excluding carboxylic acids is 2. The molecule has 0 fully saturated rings. The highest BCUT2D eigenvalue weighted by molar-refractivity contribution is 6.03. The first-order chi connectivity index (χ1) is 7.44. The van der Waals surface area contributed by atoms with Gasteiger partial charge < -0.3 is 0 Å². The third-order valence-electron chi connectivity index (χ3n) is 2.85. The van der Waals surface area contributed by atoms with Crippen molar-refractivity contribution in [3.8, 4) is 0 Å². The molecule has 0 aromatic heterocycles. The molecule has 0 aliphatic heterocycles. The average molecular weight is 256 g/mol. The number of ketones is 2. The van der Waals surface area contributed by atoms with Crippen molar-refractivity contribution in [2.24, 2.45) is 10.8 Å². The van der Waals surface area contributed by atoms with Crippen LogP contribution in [0.1, 0.15) is 34.1 Å². The van der Waals surface area contributed by atoms with Gasteiger partial charge in [-0.25, -0.2) is 17.6 Å². The van der Waals surface area contributed by atoms with E-state index in [4.69, 9.17) is 0 Å². The van der Waals surface area contributed by atoms with Gasteiger partial charge in [0.05, 0.1) is 17.3 Å². The zero-order valence-corrected chi connectivity index (χ0v) is 10.2. The second-order valence-electron chi connectivity index (χ2n) is 5.07. The molecular formula is C11H16F4O2. The molecule has 0 atom stereocenters. The Morgan fingerprint density at radius 3 is 1.24 bits per heavy atom. The molecule has 0 aromatic rings. The maximum absolute atomic E-state index is 12.5. The summed E-state index contributed by atoms with van der Waals surface area (Å²) in [4.78, 5) is 22.9. The summed E-state index contributed by atoms with van der Waals surface area (Å²) in [6.45, 7) is 3.95. The minimum absolute atomic E-state index is 0.894. The van der Waals surface area contributed by atoms with E-state index in [2.05, 4.69) is 0 Å². The Morgan fingerprint density at radius 2 is 1.06 bits per heavy atom. The molecule has 0 unspecified atom stereocenters. The molecule has 0 saturated heterocycles. The predicted molar refractivity (Wildman–Crippen MR) is 54.2 cm³/mol. The maximum Gasteiger partial charge on any atom is 0.250 e. The number of carbonyl (C=O) groups is 2. The second kappa shape index (κ2) is 5.14. The van der Waals surface area contributed by atoms with Crippen LogP contribution < -0.4 is 0 Å². The molecule has 17 heavy (non-hydrogen) atoms. The minimum atomic E-state index is -2.93. The lowest BCUT2D eigenvalue weighted by Gasteiger charge is -2.25. The molecule has 0 saturated carbocycles. The number of hydrogen-bond donors (Lipinski definition) is 0. The van der Waals surface area contributed by atoms with Crippen LogP contribution in [0.2, 0.25) is 0 Å². The predicted octanol–water partition coefficient (Wildman–Crippen LogP) is 3.10. The number of hydrogen-bond acceptors (Lipinski definition) is 2. The Hall–Kier alpha value is -0.940. The summed E-state index contributed by atoms with van der Waals surface area (Å²) in [5.74, 6) is -2.04. The summed E-state index contributed by atoms with van der Waals surface area (Å²) in [6, 6.07) is 0. The van der Waals surface area contributed by atoms with Gasteiger partial charge in [-0.05, 0) is 27.7 Å². The second-order valence-corrected chi connectivity index (χ2v) is 5.07. The lowest BCUT2D eigenvalue weighted by molar-refractivity contribution is -0.144. The van der Waals surface area contributed by atoms with Crippen molar-refractivity contribution in [2.75, 3.05) is 0 Å². The van der Waals surface area contributed by atoms with E-state index in [1.54, 1.807) is 0 Å². The van der Waals surface area contributed by atoms with Gasteiger partial charge in [-0.2, -0.15) is 0 Å². The molecule has 0 amide bonds. The SMILES string of the molecule is CC(C)(C(=O)CC(=O)C(C)(C)C(F)F)C(F)F. The highest BCUT2D eigenvalue weighted by atomic mass is 19.3. The lowest BCUT2D eigenvalue weighted by Crippen LogP contribution is -2.38. The Morgan fingerprint density at radius 1 is 0.824 bits per heavy atom. The van der Waals surface area contributed by atoms with E-state index in [0.717, 1.165) is 27.7 Å². The number of alkyl halides is 4. The van der Waals surface area contributed by atoms with E-state index in [1.165, 1.54) is 0 Å². The monoisotopic (exact) mass is 256 g/mol. The highest BCUT2D eigenvalue weighted by Crippen LogP contribution is 2.32. The standard InChI is InChI=1S/C11H16F4O2/c1-10(2,8(12)13)6(16)5-7(17)11(3,4)9(14)15/h8-9H,5H2,1-4H3. The van der Waals surface area contributed by atoms with Crippen LogP contribution in [0.3, 0.4) is 0 Å². The van der Waals surface area contributed by atoms with E-state index >= 15 is 0 Å². The van der Waals surface area contributed by atoms with Crippen molar-refractivity contribution in [2.45, 2.75) is 47.0 Å². The number of Topliss-reactive ketones (excluding diaryl/α,β-unsaturated/α-hetero) is 2. The van der Waals surface area contributed by atoms with Gasteiger partial charge in [0.25, 0.3) is 12.9 Å². The fraction of sp³-hybridized carbons (Fsp3) is 0.818. The van der Waals surface area contributed by atoms with Crippen LogP contribution in [0.25, 0.3) is 0 Å². The molecule has 0 aliphatic rings. The van der Waals surface area contributed by atoms with Gasteiger partial charge in [0.1, 0.15) is 0 Å². The van der Waals surface area contributed by atoms with Gasteiger partial charge in [-0.15, -0.1) is 0 Å². The Kier molecular flexibility index (Phi) is 4.86. The largest absolute Gasteiger partial charge is 0.298 e. The first kappa shape index (κ1) is 16.1. The van der Waals surface area contributed by atoms with Crippen LogP contribution in [0.5, 0.6) is 0 Å². The summed E-state index contributed by atoms with van der Waals surface area (Å²) in [5, 5.41) is 0. The molecule has 0 N–H and O–H groups in total.